The lowest BCUT2D eigenvalue weighted by molar-refractivity contribution is -0.119. The summed E-state index contributed by atoms with van der Waals surface area (Å²) in [5.41, 5.74) is 2.40. The molecule has 1 N–H and O–H groups in total. The standard InChI is InChI=1S/C25H26N2O6S/c1-18-4-14-23(15-5-18)34(30,31)27(21-10-12-22(32-2)13-11-21)17-24(28)26-16-19-6-8-20(9-7-19)25(29)33-3/h4-15H,16-17H2,1-3H3,(H,26,28). The van der Waals surface area contributed by atoms with Crippen LogP contribution in [-0.2, 0) is 26.1 Å². The van der Waals surface area contributed by atoms with Gasteiger partial charge in [0.1, 0.15) is 12.3 Å². The number of esters is 1. The molecule has 8 nitrogen and oxygen atoms in total. The number of methoxy groups -OCH3 is 2. The van der Waals surface area contributed by atoms with Crippen molar-refractivity contribution in [2.75, 3.05) is 25.1 Å². The van der Waals surface area contributed by atoms with Gasteiger partial charge < -0.3 is 14.8 Å². The Hall–Kier alpha value is -3.85. The highest BCUT2D eigenvalue weighted by molar-refractivity contribution is 7.92. The van der Waals surface area contributed by atoms with Crippen LogP contribution in [0, 0.1) is 6.92 Å². The van der Waals surface area contributed by atoms with Crippen molar-refractivity contribution in [1.82, 2.24) is 5.32 Å². The number of hydrogen-bond donors (Lipinski definition) is 1. The van der Waals surface area contributed by atoms with E-state index in [4.69, 9.17) is 4.74 Å². The number of nitrogens with one attached hydrogen (secondary N) is 1. The highest BCUT2D eigenvalue weighted by Gasteiger charge is 2.27. The van der Waals surface area contributed by atoms with E-state index in [1.54, 1.807) is 60.7 Å². The Balaban J connectivity index is 1.79. The normalized spacial score (nSPS) is 10.9. The van der Waals surface area contributed by atoms with E-state index in [1.165, 1.54) is 26.4 Å². The Morgan fingerprint density at radius 3 is 2.06 bits per heavy atom. The van der Waals surface area contributed by atoms with Crippen LogP contribution in [0.25, 0.3) is 0 Å². The summed E-state index contributed by atoms with van der Waals surface area (Å²) in [6.07, 6.45) is 0. The van der Waals surface area contributed by atoms with Crippen molar-refractivity contribution < 1.29 is 27.5 Å². The molecule has 3 rings (SSSR count). The van der Waals surface area contributed by atoms with Crippen LogP contribution >= 0.6 is 0 Å². The van der Waals surface area contributed by atoms with E-state index in [1.807, 2.05) is 6.92 Å². The molecule has 0 unspecified atom stereocenters. The van der Waals surface area contributed by atoms with Gasteiger partial charge in [-0.05, 0) is 61.0 Å². The minimum Gasteiger partial charge on any atom is -0.497 e. The highest BCUT2D eigenvalue weighted by atomic mass is 32.2. The number of aryl methyl sites for hydroxylation is 1. The molecule has 0 heterocycles. The minimum absolute atomic E-state index is 0.0834. The minimum atomic E-state index is -4.01. The Labute approximate surface area is 199 Å². The van der Waals surface area contributed by atoms with Crippen molar-refractivity contribution in [2.24, 2.45) is 0 Å². The van der Waals surface area contributed by atoms with Gasteiger partial charge >= 0.3 is 5.97 Å². The van der Waals surface area contributed by atoms with Crippen LogP contribution in [0.1, 0.15) is 21.5 Å². The first-order chi connectivity index (χ1) is 16.2. The molecule has 178 valence electrons. The highest BCUT2D eigenvalue weighted by Crippen LogP contribution is 2.26. The fourth-order valence-electron chi connectivity index (χ4n) is 3.16. The van der Waals surface area contributed by atoms with Gasteiger partial charge in [0.05, 0.1) is 30.4 Å². The summed E-state index contributed by atoms with van der Waals surface area (Å²) in [5.74, 6) is -0.369. The molecule has 34 heavy (non-hydrogen) atoms. The van der Waals surface area contributed by atoms with E-state index in [9.17, 15) is 18.0 Å². The smallest absolute Gasteiger partial charge is 0.337 e. The second-order valence-corrected chi connectivity index (χ2v) is 9.35. The van der Waals surface area contributed by atoms with Crippen molar-refractivity contribution in [3.8, 4) is 5.75 Å². The SMILES string of the molecule is COC(=O)c1ccc(CNC(=O)CN(c2ccc(OC)cc2)S(=O)(=O)c2ccc(C)cc2)cc1. The molecule has 0 aromatic heterocycles. The Morgan fingerprint density at radius 2 is 1.50 bits per heavy atom. The van der Waals surface area contributed by atoms with E-state index in [2.05, 4.69) is 10.1 Å². The quantitative estimate of drug-likeness (QED) is 0.470. The van der Waals surface area contributed by atoms with Crippen LogP contribution in [0.15, 0.2) is 77.7 Å². The maximum Gasteiger partial charge on any atom is 0.337 e. The summed E-state index contributed by atoms with van der Waals surface area (Å²) in [5, 5.41) is 2.73. The molecule has 0 fully saturated rings. The van der Waals surface area contributed by atoms with E-state index in [0.717, 1.165) is 15.4 Å². The van der Waals surface area contributed by atoms with Gasteiger partial charge in [0.25, 0.3) is 10.0 Å². The number of carbonyl (C=O) groups excluding carboxylic acids is 2. The monoisotopic (exact) mass is 482 g/mol. The molecule has 0 atom stereocenters. The topological polar surface area (TPSA) is 102 Å². The Morgan fingerprint density at radius 1 is 0.882 bits per heavy atom. The number of carbonyl (C=O) groups is 2. The molecule has 0 aliphatic carbocycles. The van der Waals surface area contributed by atoms with Gasteiger partial charge in [-0.3, -0.25) is 9.10 Å². The zero-order valence-corrected chi connectivity index (χ0v) is 20.0. The van der Waals surface area contributed by atoms with Crippen LogP contribution < -0.4 is 14.4 Å². The predicted octanol–water partition coefficient (Wildman–Crippen LogP) is 3.30. The third-order valence-electron chi connectivity index (χ3n) is 5.12. The molecule has 0 bridgehead atoms. The third-order valence-corrected chi connectivity index (χ3v) is 6.91. The molecule has 0 spiro atoms. The molecule has 0 saturated heterocycles. The van der Waals surface area contributed by atoms with Crippen LogP contribution in [-0.4, -0.2) is 41.1 Å². The lowest BCUT2D eigenvalue weighted by atomic mass is 10.1. The molecule has 9 heteroatoms. The molecule has 0 aliphatic heterocycles. The summed E-state index contributed by atoms with van der Waals surface area (Å²) < 4.78 is 37.7. The van der Waals surface area contributed by atoms with Gasteiger partial charge in [-0.2, -0.15) is 0 Å². The van der Waals surface area contributed by atoms with Crippen molar-refractivity contribution in [3.05, 3.63) is 89.5 Å². The first kappa shape index (κ1) is 24.8. The molecule has 0 radical (unpaired) electrons. The van der Waals surface area contributed by atoms with Crippen LogP contribution in [0.2, 0.25) is 0 Å². The number of anilines is 1. The lowest BCUT2D eigenvalue weighted by Crippen LogP contribution is -2.40. The molecule has 0 aliphatic rings. The second-order valence-electron chi connectivity index (χ2n) is 7.49. The maximum absolute atomic E-state index is 13.4. The number of amides is 1. The van der Waals surface area contributed by atoms with Crippen LogP contribution in [0.3, 0.4) is 0 Å². The molecule has 3 aromatic rings. The number of nitrogens with zero attached hydrogens (tertiary/aromatic N) is 1. The van der Waals surface area contributed by atoms with Crippen LogP contribution in [0.5, 0.6) is 5.75 Å². The van der Waals surface area contributed by atoms with Crippen molar-refractivity contribution in [1.29, 1.82) is 0 Å². The Kier molecular flexibility index (Phi) is 7.91. The fraction of sp³-hybridized carbons (Fsp3) is 0.200. The summed E-state index contributed by atoms with van der Waals surface area (Å²) in [7, 11) is -1.19. The predicted molar refractivity (Wildman–Crippen MR) is 128 cm³/mol. The summed E-state index contributed by atoms with van der Waals surface area (Å²) in [6.45, 7) is 1.62. The van der Waals surface area contributed by atoms with Crippen molar-refractivity contribution in [2.45, 2.75) is 18.4 Å². The summed E-state index contributed by atoms with van der Waals surface area (Å²) in [6, 6.07) is 19.5. The fourth-order valence-corrected chi connectivity index (χ4v) is 4.59. The van der Waals surface area contributed by atoms with E-state index >= 15 is 0 Å². The summed E-state index contributed by atoms with van der Waals surface area (Å²) in [4.78, 5) is 24.4. The third kappa shape index (κ3) is 5.93. The molecular weight excluding hydrogens is 456 g/mol. The zero-order chi connectivity index (χ0) is 24.7. The van der Waals surface area contributed by atoms with Gasteiger partial charge in [0.2, 0.25) is 5.91 Å². The second kappa shape index (κ2) is 10.8. The Bertz CT molecular complexity index is 1240. The molecular formula is C25H26N2O6S. The van der Waals surface area contributed by atoms with Crippen molar-refractivity contribution in [3.63, 3.8) is 0 Å². The van der Waals surface area contributed by atoms with Gasteiger partial charge in [0, 0.05) is 6.54 Å². The number of ether oxygens (including phenoxy) is 2. The number of rotatable bonds is 9. The first-order valence-electron chi connectivity index (χ1n) is 10.4. The van der Waals surface area contributed by atoms with Gasteiger partial charge in [0.15, 0.2) is 0 Å². The number of benzene rings is 3. The summed E-state index contributed by atoms with van der Waals surface area (Å²) >= 11 is 0. The van der Waals surface area contributed by atoms with E-state index in [-0.39, 0.29) is 11.4 Å². The zero-order valence-electron chi connectivity index (χ0n) is 19.1. The number of hydrogen-bond acceptors (Lipinski definition) is 6. The molecule has 0 saturated carbocycles. The molecule has 3 aromatic carbocycles. The largest absolute Gasteiger partial charge is 0.497 e. The van der Waals surface area contributed by atoms with Gasteiger partial charge in [-0.25, -0.2) is 13.2 Å². The van der Waals surface area contributed by atoms with Gasteiger partial charge in [-0.15, -0.1) is 0 Å². The van der Waals surface area contributed by atoms with E-state index in [0.29, 0.717) is 17.0 Å². The van der Waals surface area contributed by atoms with Gasteiger partial charge in [-0.1, -0.05) is 29.8 Å². The van der Waals surface area contributed by atoms with Crippen LogP contribution in [0.4, 0.5) is 5.69 Å². The number of sulfonamides is 1. The average Bonchev–Trinajstić information content (AvgIpc) is 2.86. The van der Waals surface area contributed by atoms with E-state index < -0.39 is 28.4 Å². The molecule has 1 amide bonds. The first-order valence-corrected chi connectivity index (χ1v) is 11.9. The lowest BCUT2D eigenvalue weighted by Gasteiger charge is -2.24. The maximum atomic E-state index is 13.4. The van der Waals surface area contributed by atoms with Crippen molar-refractivity contribution >= 4 is 27.6 Å². The average molecular weight is 483 g/mol.